The lowest BCUT2D eigenvalue weighted by atomic mass is 10.0. The molecule has 0 radical (unpaired) electrons. The van der Waals surface area contributed by atoms with Crippen molar-refractivity contribution in [3.05, 3.63) is 0 Å². The molecule has 2 saturated heterocycles. The van der Waals surface area contributed by atoms with Crippen LogP contribution in [-0.2, 0) is 4.79 Å². The second kappa shape index (κ2) is 5.85. The molecule has 2 atom stereocenters. The van der Waals surface area contributed by atoms with Crippen LogP contribution in [-0.4, -0.2) is 36.0 Å². The van der Waals surface area contributed by atoms with Gasteiger partial charge in [0.1, 0.15) is 0 Å². The van der Waals surface area contributed by atoms with Gasteiger partial charge in [-0.3, -0.25) is 4.79 Å². The molecule has 0 aromatic rings. The van der Waals surface area contributed by atoms with Gasteiger partial charge >= 0.3 is 0 Å². The van der Waals surface area contributed by atoms with Gasteiger partial charge in [0, 0.05) is 12.6 Å². The number of rotatable bonds is 2. The van der Waals surface area contributed by atoms with E-state index in [9.17, 15) is 4.79 Å². The van der Waals surface area contributed by atoms with Crippen molar-refractivity contribution >= 4 is 5.91 Å². The Morgan fingerprint density at radius 3 is 2.76 bits per heavy atom. The zero-order valence-electron chi connectivity index (χ0n) is 11.2. The topological polar surface area (TPSA) is 32.3 Å². The summed E-state index contributed by atoms with van der Waals surface area (Å²) in [6.07, 6.45) is 7.09. The molecular formula is C14H26N2O. The number of nitrogens with zero attached hydrogens (tertiary/aromatic N) is 1. The maximum Gasteiger partial charge on any atom is 0.239 e. The number of amides is 1. The molecule has 2 aliphatic rings. The van der Waals surface area contributed by atoms with Gasteiger partial charge in [0.15, 0.2) is 0 Å². The van der Waals surface area contributed by atoms with Crippen molar-refractivity contribution in [1.82, 2.24) is 10.2 Å². The van der Waals surface area contributed by atoms with Crippen molar-refractivity contribution in [1.29, 1.82) is 0 Å². The smallest absolute Gasteiger partial charge is 0.239 e. The van der Waals surface area contributed by atoms with Crippen LogP contribution in [0.15, 0.2) is 0 Å². The standard InChI is InChI=1S/C14H26N2O/c1-11(2)13-8-6-10-16(13)14(17)12-7-4-3-5-9-15-12/h11-13,15H,3-10H2,1-2H3. The van der Waals surface area contributed by atoms with E-state index < -0.39 is 0 Å². The van der Waals surface area contributed by atoms with Crippen molar-refractivity contribution in [2.45, 2.75) is 64.5 Å². The highest BCUT2D eigenvalue weighted by molar-refractivity contribution is 5.82. The van der Waals surface area contributed by atoms with Crippen LogP contribution in [0.4, 0.5) is 0 Å². The number of hydrogen-bond acceptors (Lipinski definition) is 2. The van der Waals surface area contributed by atoms with E-state index in [0.29, 0.717) is 17.9 Å². The molecule has 1 amide bonds. The van der Waals surface area contributed by atoms with Crippen molar-refractivity contribution < 1.29 is 4.79 Å². The minimum Gasteiger partial charge on any atom is -0.338 e. The Morgan fingerprint density at radius 2 is 2.00 bits per heavy atom. The van der Waals surface area contributed by atoms with Gasteiger partial charge < -0.3 is 10.2 Å². The van der Waals surface area contributed by atoms with Gasteiger partial charge in [-0.1, -0.05) is 26.7 Å². The van der Waals surface area contributed by atoms with Gasteiger partial charge in [0.05, 0.1) is 6.04 Å². The third-order valence-corrected chi connectivity index (χ3v) is 4.21. The summed E-state index contributed by atoms with van der Waals surface area (Å²) in [5, 5.41) is 3.43. The summed E-state index contributed by atoms with van der Waals surface area (Å²) >= 11 is 0. The molecule has 2 heterocycles. The summed E-state index contributed by atoms with van der Waals surface area (Å²) in [7, 11) is 0. The number of nitrogens with one attached hydrogen (secondary N) is 1. The zero-order valence-corrected chi connectivity index (χ0v) is 11.2. The van der Waals surface area contributed by atoms with E-state index in [4.69, 9.17) is 0 Å². The van der Waals surface area contributed by atoms with Crippen LogP contribution in [0.5, 0.6) is 0 Å². The molecule has 2 unspecified atom stereocenters. The predicted octanol–water partition coefficient (Wildman–Crippen LogP) is 2.17. The Labute approximate surface area is 105 Å². The number of hydrogen-bond donors (Lipinski definition) is 1. The van der Waals surface area contributed by atoms with E-state index in [1.54, 1.807) is 0 Å². The molecule has 0 bridgehead atoms. The van der Waals surface area contributed by atoms with E-state index in [-0.39, 0.29) is 6.04 Å². The molecule has 1 N–H and O–H groups in total. The van der Waals surface area contributed by atoms with E-state index in [0.717, 1.165) is 19.5 Å². The van der Waals surface area contributed by atoms with Gasteiger partial charge in [-0.25, -0.2) is 0 Å². The maximum absolute atomic E-state index is 12.5. The summed E-state index contributed by atoms with van der Waals surface area (Å²) in [6.45, 7) is 6.45. The molecule has 0 saturated carbocycles. The third-order valence-electron chi connectivity index (χ3n) is 4.21. The Hall–Kier alpha value is -0.570. The highest BCUT2D eigenvalue weighted by Crippen LogP contribution is 2.25. The molecule has 0 spiro atoms. The first kappa shape index (κ1) is 12.9. The first-order chi connectivity index (χ1) is 8.20. The van der Waals surface area contributed by atoms with Crippen molar-refractivity contribution in [2.75, 3.05) is 13.1 Å². The van der Waals surface area contributed by atoms with Crippen LogP contribution in [0, 0.1) is 5.92 Å². The summed E-state index contributed by atoms with van der Waals surface area (Å²) < 4.78 is 0. The zero-order chi connectivity index (χ0) is 12.3. The van der Waals surface area contributed by atoms with Gasteiger partial charge in [-0.05, 0) is 38.1 Å². The third kappa shape index (κ3) is 3.01. The lowest BCUT2D eigenvalue weighted by molar-refractivity contribution is -0.135. The van der Waals surface area contributed by atoms with Crippen LogP contribution in [0.2, 0.25) is 0 Å². The molecule has 2 rings (SSSR count). The number of carbonyl (C=O) groups is 1. The minimum atomic E-state index is 0.0943. The van der Waals surface area contributed by atoms with Crippen LogP contribution in [0.25, 0.3) is 0 Å². The fourth-order valence-corrected chi connectivity index (χ4v) is 3.20. The Morgan fingerprint density at radius 1 is 1.18 bits per heavy atom. The molecule has 0 aromatic heterocycles. The van der Waals surface area contributed by atoms with Crippen LogP contribution < -0.4 is 5.32 Å². The summed E-state index contributed by atoms with van der Waals surface area (Å²) in [4.78, 5) is 14.7. The van der Waals surface area contributed by atoms with Gasteiger partial charge in [0.25, 0.3) is 0 Å². The average Bonchev–Trinajstić information content (AvgIpc) is 2.64. The largest absolute Gasteiger partial charge is 0.338 e. The van der Waals surface area contributed by atoms with Crippen LogP contribution in [0.1, 0.15) is 52.4 Å². The second-order valence-electron chi connectivity index (χ2n) is 5.84. The molecule has 2 aliphatic heterocycles. The van der Waals surface area contributed by atoms with E-state index in [1.807, 2.05) is 0 Å². The molecule has 0 aliphatic carbocycles. The van der Waals surface area contributed by atoms with Crippen LogP contribution in [0.3, 0.4) is 0 Å². The second-order valence-corrected chi connectivity index (χ2v) is 5.84. The lowest BCUT2D eigenvalue weighted by Gasteiger charge is -2.31. The van der Waals surface area contributed by atoms with Gasteiger partial charge in [0.2, 0.25) is 5.91 Å². The van der Waals surface area contributed by atoms with E-state index in [1.165, 1.54) is 32.1 Å². The fourth-order valence-electron chi connectivity index (χ4n) is 3.20. The lowest BCUT2D eigenvalue weighted by Crippen LogP contribution is -2.49. The summed E-state index contributed by atoms with van der Waals surface area (Å²) in [5.41, 5.74) is 0. The van der Waals surface area contributed by atoms with E-state index in [2.05, 4.69) is 24.1 Å². The molecular weight excluding hydrogens is 212 g/mol. The minimum absolute atomic E-state index is 0.0943. The first-order valence-corrected chi connectivity index (χ1v) is 7.24. The summed E-state index contributed by atoms with van der Waals surface area (Å²) in [6, 6.07) is 0.574. The fraction of sp³-hybridized carbons (Fsp3) is 0.929. The van der Waals surface area contributed by atoms with Gasteiger partial charge in [-0.15, -0.1) is 0 Å². The average molecular weight is 238 g/mol. The van der Waals surface area contributed by atoms with Gasteiger partial charge in [-0.2, -0.15) is 0 Å². The maximum atomic E-state index is 12.5. The highest BCUT2D eigenvalue weighted by Gasteiger charge is 2.34. The molecule has 3 nitrogen and oxygen atoms in total. The Balaban J connectivity index is 1.97. The quantitative estimate of drug-likeness (QED) is 0.799. The summed E-state index contributed by atoms with van der Waals surface area (Å²) in [5.74, 6) is 0.954. The molecule has 98 valence electrons. The predicted molar refractivity (Wildman–Crippen MR) is 69.8 cm³/mol. The van der Waals surface area contributed by atoms with E-state index >= 15 is 0 Å². The number of carbonyl (C=O) groups excluding carboxylic acids is 1. The number of likely N-dealkylation sites (tertiary alicyclic amines) is 1. The molecule has 0 aromatic carbocycles. The SMILES string of the molecule is CC(C)C1CCCN1C(=O)C1CCCCCN1. The normalized spacial score (nSPS) is 30.6. The van der Waals surface area contributed by atoms with Crippen molar-refractivity contribution in [3.63, 3.8) is 0 Å². The monoisotopic (exact) mass is 238 g/mol. The Bertz CT molecular complexity index is 257. The first-order valence-electron chi connectivity index (χ1n) is 7.24. The Kier molecular flexibility index (Phi) is 4.43. The highest BCUT2D eigenvalue weighted by atomic mass is 16.2. The molecule has 3 heteroatoms. The van der Waals surface area contributed by atoms with Crippen molar-refractivity contribution in [3.8, 4) is 0 Å². The molecule has 17 heavy (non-hydrogen) atoms. The van der Waals surface area contributed by atoms with Crippen LogP contribution >= 0.6 is 0 Å². The molecule has 2 fully saturated rings. The van der Waals surface area contributed by atoms with Crippen molar-refractivity contribution in [2.24, 2.45) is 5.92 Å².